The van der Waals surface area contributed by atoms with Crippen molar-refractivity contribution >= 4 is 0 Å². The maximum atomic E-state index is 2.68. The predicted molar refractivity (Wildman–Crippen MR) is 134 cm³/mol. The molecule has 3 heterocycles. The summed E-state index contributed by atoms with van der Waals surface area (Å²) in [7, 11) is 4.97. The third-order valence-corrected chi connectivity index (χ3v) is 8.91. The molecule has 3 aliphatic heterocycles. The molecule has 0 radical (unpaired) electrons. The molecule has 0 spiro atoms. The highest BCUT2D eigenvalue weighted by Crippen LogP contribution is 2.32. The SMILES string of the molecule is C/C=C/[N+]1(C)CCCCC1/C=C\[N+]1(CCC(C)(C)C[N+]2(C)CCCCC2)CCCCC1. The van der Waals surface area contributed by atoms with Gasteiger partial charge in [-0.1, -0.05) is 13.8 Å². The molecule has 0 bridgehead atoms. The van der Waals surface area contributed by atoms with E-state index in [0.717, 1.165) is 4.48 Å². The summed E-state index contributed by atoms with van der Waals surface area (Å²) in [5.74, 6) is 0. The number of quaternary nitrogens is 3. The number of hydrogen-bond donors (Lipinski definition) is 0. The number of piperidine rings is 3. The standard InChI is InChI=1S/C28H54N3/c1-6-18-30(5)21-14-9-15-27(30)16-24-31(22-12-8-13-23-31)25-17-28(2,3)26-29(4)19-10-7-11-20-29/h6,16,18,24,27H,7-15,17,19-23,25-26H2,1-5H3/q+3/b18-6+,24-16-. The lowest BCUT2D eigenvalue weighted by Crippen LogP contribution is -2.54. The fourth-order valence-electron chi connectivity index (χ4n) is 7.03. The first kappa shape index (κ1) is 25.0. The first-order valence-electron chi connectivity index (χ1n) is 13.6. The Kier molecular flexibility index (Phi) is 8.49. The topological polar surface area (TPSA) is 0 Å². The average Bonchev–Trinajstić information content (AvgIpc) is 2.73. The Morgan fingerprint density at radius 2 is 1.39 bits per heavy atom. The van der Waals surface area contributed by atoms with Gasteiger partial charge in [0.25, 0.3) is 0 Å². The van der Waals surface area contributed by atoms with Crippen molar-refractivity contribution in [2.75, 3.05) is 59.9 Å². The molecule has 0 aromatic heterocycles. The van der Waals surface area contributed by atoms with Crippen molar-refractivity contribution in [3.8, 4) is 0 Å². The fourth-order valence-corrected chi connectivity index (χ4v) is 7.03. The summed E-state index contributed by atoms with van der Waals surface area (Å²) in [6.45, 7) is 16.8. The van der Waals surface area contributed by atoms with Crippen LogP contribution in [0.25, 0.3) is 0 Å². The number of rotatable bonds is 8. The van der Waals surface area contributed by atoms with E-state index in [9.17, 15) is 0 Å². The molecule has 3 saturated heterocycles. The van der Waals surface area contributed by atoms with Gasteiger partial charge >= 0.3 is 0 Å². The van der Waals surface area contributed by atoms with Crippen molar-refractivity contribution in [2.24, 2.45) is 5.41 Å². The summed E-state index contributed by atoms with van der Waals surface area (Å²) in [6.07, 6.45) is 24.1. The van der Waals surface area contributed by atoms with Gasteiger partial charge < -0.3 is 4.48 Å². The first-order chi connectivity index (χ1) is 14.7. The quantitative estimate of drug-likeness (QED) is 0.408. The van der Waals surface area contributed by atoms with E-state index < -0.39 is 0 Å². The third kappa shape index (κ3) is 6.92. The number of nitrogens with zero attached hydrogens (tertiary/aromatic N) is 3. The van der Waals surface area contributed by atoms with Gasteiger partial charge in [0.2, 0.25) is 0 Å². The maximum absolute atomic E-state index is 2.68. The predicted octanol–water partition coefficient (Wildman–Crippen LogP) is 6.08. The summed E-state index contributed by atoms with van der Waals surface area (Å²) >= 11 is 0. The molecule has 0 aromatic rings. The van der Waals surface area contributed by atoms with E-state index in [0.29, 0.717) is 11.5 Å². The largest absolute Gasteiger partial charge is 0.326 e. The van der Waals surface area contributed by atoms with Gasteiger partial charge in [0.05, 0.1) is 72.3 Å². The fraction of sp³-hybridized carbons (Fsp3) is 0.857. The van der Waals surface area contributed by atoms with Crippen LogP contribution in [0.2, 0.25) is 0 Å². The van der Waals surface area contributed by atoms with E-state index >= 15 is 0 Å². The summed E-state index contributed by atoms with van der Waals surface area (Å²) in [4.78, 5) is 0. The zero-order valence-electron chi connectivity index (χ0n) is 21.7. The molecule has 2 atom stereocenters. The van der Waals surface area contributed by atoms with E-state index in [1.54, 1.807) is 0 Å². The second-order valence-electron chi connectivity index (χ2n) is 12.6. The summed E-state index contributed by atoms with van der Waals surface area (Å²) in [5.41, 5.74) is 0.434. The molecule has 3 heteroatoms. The minimum Gasteiger partial charge on any atom is -0.326 e. The van der Waals surface area contributed by atoms with Crippen molar-refractivity contribution in [1.29, 1.82) is 0 Å². The lowest BCUT2D eigenvalue weighted by atomic mass is 9.86. The smallest absolute Gasteiger partial charge is 0.117 e. The van der Waals surface area contributed by atoms with Gasteiger partial charge in [0, 0.05) is 24.3 Å². The monoisotopic (exact) mass is 432 g/mol. The van der Waals surface area contributed by atoms with Crippen molar-refractivity contribution < 1.29 is 13.4 Å². The van der Waals surface area contributed by atoms with Gasteiger partial charge in [0.15, 0.2) is 0 Å². The highest BCUT2D eigenvalue weighted by molar-refractivity contribution is 4.90. The van der Waals surface area contributed by atoms with Crippen LogP contribution in [-0.4, -0.2) is 79.4 Å². The third-order valence-electron chi connectivity index (χ3n) is 8.91. The second kappa shape index (κ2) is 10.5. The van der Waals surface area contributed by atoms with Crippen LogP contribution < -0.4 is 0 Å². The molecule has 3 rings (SSSR count). The van der Waals surface area contributed by atoms with Gasteiger partial charge in [-0.05, 0) is 64.4 Å². The first-order valence-corrected chi connectivity index (χ1v) is 13.6. The van der Waals surface area contributed by atoms with Gasteiger partial charge in [0.1, 0.15) is 6.04 Å². The lowest BCUT2D eigenvalue weighted by molar-refractivity contribution is -0.921. The van der Waals surface area contributed by atoms with Gasteiger partial charge in [-0.15, -0.1) is 0 Å². The van der Waals surface area contributed by atoms with Crippen molar-refractivity contribution in [2.45, 2.75) is 91.0 Å². The molecule has 0 aliphatic carbocycles. The molecule has 178 valence electrons. The van der Waals surface area contributed by atoms with Crippen molar-refractivity contribution in [3.05, 3.63) is 24.6 Å². The highest BCUT2D eigenvalue weighted by atomic mass is 15.4. The van der Waals surface area contributed by atoms with Crippen molar-refractivity contribution in [3.63, 3.8) is 0 Å². The molecule has 0 saturated carbocycles. The minimum absolute atomic E-state index is 0.434. The second-order valence-corrected chi connectivity index (χ2v) is 12.6. The van der Waals surface area contributed by atoms with Crippen LogP contribution >= 0.6 is 0 Å². The van der Waals surface area contributed by atoms with E-state index in [-0.39, 0.29) is 0 Å². The normalized spacial score (nSPS) is 32.0. The Balaban J connectivity index is 1.68. The number of likely N-dealkylation sites (N-methyl/N-ethyl adjacent to an activating group) is 1. The minimum atomic E-state index is 0.434. The van der Waals surface area contributed by atoms with Crippen LogP contribution in [0.4, 0.5) is 0 Å². The van der Waals surface area contributed by atoms with Crippen LogP contribution in [0.5, 0.6) is 0 Å². The zero-order chi connectivity index (χ0) is 22.4. The molecule has 3 aliphatic rings. The number of likely N-dealkylation sites (tertiary alicyclic amines) is 3. The Morgan fingerprint density at radius 1 is 0.774 bits per heavy atom. The van der Waals surface area contributed by atoms with Crippen LogP contribution in [0.3, 0.4) is 0 Å². The Hall–Kier alpha value is -0.640. The van der Waals surface area contributed by atoms with Gasteiger partial charge in [-0.2, -0.15) is 0 Å². The molecule has 0 N–H and O–H groups in total. The Labute approximate surface area is 194 Å². The summed E-state index contributed by atoms with van der Waals surface area (Å²) < 4.78 is 3.66. The maximum Gasteiger partial charge on any atom is 0.117 e. The molecular weight excluding hydrogens is 378 g/mol. The van der Waals surface area contributed by atoms with E-state index in [1.165, 1.54) is 119 Å². The van der Waals surface area contributed by atoms with E-state index in [2.05, 4.69) is 59.4 Å². The van der Waals surface area contributed by atoms with Crippen LogP contribution in [0.1, 0.15) is 85.0 Å². The number of hydrogen-bond acceptors (Lipinski definition) is 0. The molecule has 2 unspecified atom stereocenters. The number of allylic oxidation sites excluding steroid dienone is 1. The van der Waals surface area contributed by atoms with Crippen LogP contribution in [-0.2, 0) is 0 Å². The molecular formula is C28H54N3+3. The molecule has 3 fully saturated rings. The summed E-state index contributed by atoms with van der Waals surface area (Å²) in [5, 5.41) is 0. The lowest BCUT2D eigenvalue weighted by Gasteiger charge is -2.45. The molecule has 0 aromatic carbocycles. The molecule has 0 amide bonds. The van der Waals surface area contributed by atoms with Gasteiger partial charge in [-0.25, -0.2) is 0 Å². The van der Waals surface area contributed by atoms with E-state index in [1.807, 2.05) is 0 Å². The summed E-state index contributed by atoms with van der Waals surface area (Å²) in [6, 6.07) is 0.660. The zero-order valence-corrected chi connectivity index (χ0v) is 21.7. The average molecular weight is 433 g/mol. The highest BCUT2D eigenvalue weighted by Gasteiger charge is 2.38. The Morgan fingerprint density at radius 3 is 2.03 bits per heavy atom. The molecule has 3 nitrogen and oxygen atoms in total. The van der Waals surface area contributed by atoms with Crippen LogP contribution in [0, 0.1) is 5.41 Å². The van der Waals surface area contributed by atoms with Gasteiger partial charge in [-0.3, -0.25) is 8.97 Å². The molecule has 31 heavy (non-hydrogen) atoms. The van der Waals surface area contributed by atoms with E-state index in [4.69, 9.17) is 0 Å². The van der Waals surface area contributed by atoms with Crippen molar-refractivity contribution in [1.82, 2.24) is 0 Å². The van der Waals surface area contributed by atoms with Crippen LogP contribution in [0.15, 0.2) is 24.6 Å². The Bertz CT molecular complexity index is 608.